The van der Waals surface area contributed by atoms with Crippen molar-refractivity contribution < 1.29 is 40.6 Å². The van der Waals surface area contributed by atoms with E-state index in [0.717, 1.165) is 0 Å². The summed E-state index contributed by atoms with van der Waals surface area (Å²) in [5, 5.41) is 10.7. The predicted molar refractivity (Wildman–Crippen MR) is 156 cm³/mol. The largest absolute Gasteiger partial charge is 0.480 e. The molecule has 15 heteroatoms. The molecule has 2 fully saturated rings. The number of sulfone groups is 1. The standard InChI is InChI=1S/C29H28ClF3N4O6S/c1-14-12-44(40,41)28(2,3)13-29(14,33)18-8-15(30)10-34-26(18)42-16-9-19(27(38)39)37(11-16)25-22-21(35-24(36-25)23(31)32)17-6-4-5-7-20(17)43-22/h4-8,10,14,16,19,23H,9,11-13H2,1-3H3,(H,38,39)/t14-,16-,19-,29+/m0/s1. The van der Waals surface area contributed by atoms with Gasteiger partial charge in [0.1, 0.15) is 28.9 Å². The van der Waals surface area contributed by atoms with Gasteiger partial charge in [0.15, 0.2) is 27.1 Å². The molecule has 10 nitrogen and oxygen atoms in total. The van der Waals surface area contributed by atoms with Crippen molar-refractivity contribution in [3.05, 3.63) is 52.9 Å². The van der Waals surface area contributed by atoms with E-state index in [1.165, 1.54) is 37.9 Å². The molecule has 44 heavy (non-hydrogen) atoms. The maximum atomic E-state index is 16.9. The van der Waals surface area contributed by atoms with Crippen LogP contribution in [0.2, 0.25) is 5.02 Å². The van der Waals surface area contributed by atoms with Crippen LogP contribution in [0.5, 0.6) is 5.88 Å². The van der Waals surface area contributed by atoms with Gasteiger partial charge in [0.25, 0.3) is 6.43 Å². The molecule has 1 N–H and O–H groups in total. The van der Waals surface area contributed by atoms with Gasteiger partial charge < -0.3 is 19.2 Å². The number of para-hydroxylation sites is 1. The molecule has 5 heterocycles. The van der Waals surface area contributed by atoms with Crippen molar-refractivity contribution in [2.24, 2.45) is 5.92 Å². The molecule has 0 unspecified atom stereocenters. The molecule has 0 saturated carbocycles. The topological polar surface area (TPSA) is 136 Å². The van der Waals surface area contributed by atoms with Gasteiger partial charge in [-0.05, 0) is 32.0 Å². The number of pyridine rings is 1. The Balaban J connectivity index is 1.39. The van der Waals surface area contributed by atoms with Gasteiger partial charge in [0.05, 0.1) is 27.6 Å². The number of benzene rings is 1. The fraction of sp³-hybridized carbons (Fsp3) is 0.448. The number of halogens is 4. The maximum Gasteiger partial charge on any atom is 0.326 e. The SMILES string of the molecule is C[C@H]1CS(=O)(=O)C(C)(C)C[C@]1(F)c1cc(Cl)cnc1O[C@H]1C[C@@H](C(=O)O)N(c2nc(C(F)F)nc3c2oc2ccccc23)C1. The number of anilines is 1. The second-order valence-corrected chi connectivity index (χ2v) is 15.1. The Hall–Kier alpha value is -3.65. The van der Waals surface area contributed by atoms with Crippen molar-refractivity contribution in [2.45, 2.75) is 62.6 Å². The summed E-state index contributed by atoms with van der Waals surface area (Å²) >= 11 is 6.21. The Bertz CT molecular complexity index is 1900. The molecule has 0 spiro atoms. The highest BCUT2D eigenvalue weighted by Crippen LogP contribution is 2.51. The summed E-state index contributed by atoms with van der Waals surface area (Å²) in [4.78, 5) is 25.9. The first-order chi connectivity index (χ1) is 20.6. The average molecular weight is 653 g/mol. The molecular formula is C29H28ClF3N4O6S. The first kappa shape index (κ1) is 30.4. The van der Waals surface area contributed by atoms with Crippen molar-refractivity contribution in [3.8, 4) is 5.88 Å². The minimum atomic E-state index is -3.61. The van der Waals surface area contributed by atoms with E-state index in [1.54, 1.807) is 24.3 Å². The van der Waals surface area contributed by atoms with E-state index in [4.69, 9.17) is 20.8 Å². The van der Waals surface area contributed by atoms with Crippen LogP contribution >= 0.6 is 11.6 Å². The van der Waals surface area contributed by atoms with E-state index in [9.17, 15) is 27.1 Å². The smallest absolute Gasteiger partial charge is 0.326 e. The average Bonchev–Trinajstić information content (AvgIpc) is 3.54. The van der Waals surface area contributed by atoms with Crippen LogP contribution in [0.25, 0.3) is 22.1 Å². The highest BCUT2D eigenvalue weighted by Gasteiger charge is 2.55. The zero-order chi connectivity index (χ0) is 31.8. The van der Waals surface area contributed by atoms with Crippen LogP contribution in [0.15, 0.2) is 40.9 Å². The number of alkyl halides is 3. The Morgan fingerprint density at radius 3 is 2.68 bits per heavy atom. The van der Waals surface area contributed by atoms with Crippen LogP contribution in [0, 0.1) is 5.92 Å². The number of hydrogen-bond acceptors (Lipinski definition) is 9. The van der Waals surface area contributed by atoms with Gasteiger partial charge in [-0.3, -0.25) is 0 Å². The molecule has 6 rings (SSSR count). The highest BCUT2D eigenvalue weighted by atomic mass is 35.5. The summed E-state index contributed by atoms with van der Waals surface area (Å²) < 4.78 is 81.0. The second-order valence-electron chi connectivity index (χ2n) is 12.0. The van der Waals surface area contributed by atoms with Crippen molar-refractivity contribution in [1.29, 1.82) is 0 Å². The monoisotopic (exact) mass is 652 g/mol. The summed E-state index contributed by atoms with van der Waals surface area (Å²) in [6.45, 7) is 4.26. The van der Waals surface area contributed by atoms with Gasteiger partial charge >= 0.3 is 5.97 Å². The van der Waals surface area contributed by atoms with Crippen molar-refractivity contribution in [1.82, 2.24) is 15.0 Å². The molecule has 0 radical (unpaired) electrons. The molecule has 3 aromatic heterocycles. The molecule has 4 aromatic rings. The summed E-state index contributed by atoms with van der Waals surface area (Å²) in [7, 11) is -3.61. The Morgan fingerprint density at radius 1 is 1.25 bits per heavy atom. The number of furan rings is 1. The van der Waals surface area contributed by atoms with Crippen LogP contribution in [0.1, 0.15) is 51.4 Å². The molecule has 0 amide bonds. The number of aliphatic carboxylic acids is 1. The molecule has 2 aliphatic heterocycles. The fourth-order valence-corrected chi connectivity index (χ4v) is 8.13. The lowest BCUT2D eigenvalue weighted by molar-refractivity contribution is -0.138. The third-order valence-electron chi connectivity index (χ3n) is 8.55. The number of rotatable bonds is 6. The zero-order valence-corrected chi connectivity index (χ0v) is 25.4. The highest BCUT2D eigenvalue weighted by molar-refractivity contribution is 7.92. The van der Waals surface area contributed by atoms with E-state index in [1.807, 2.05) is 0 Å². The van der Waals surface area contributed by atoms with E-state index in [0.29, 0.717) is 11.0 Å². The number of carboxylic acid groups (broad SMARTS) is 1. The lowest BCUT2D eigenvalue weighted by Crippen LogP contribution is -2.51. The van der Waals surface area contributed by atoms with Gasteiger partial charge in [0.2, 0.25) is 5.88 Å². The second kappa shape index (κ2) is 10.5. The molecule has 2 saturated heterocycles. The third-order valence-corrected chi connectivity index (χ3v) is 11.5. The van der Waals surface area contributed by atoms with E-state index >= 15 is 4.39 Å². The molecule has 4 atom stereocenters. The normalized spacial score (nSPS) is 26.5. The number of aromatic nitrogens is 3. The van der Waals surface area contributed by atoms with Gasteiger partial charge in [-0.15, -0.1) is 0 Å². The first-order valence-electron chi connectivity index (χ1n) is 13.8. The van der Waals surface area contributed by atoms with Gasteiger partial charge in [-0.1, -0.05) is 30.7 Å². The van der Waals surface area contributed by atoms with Crippen molar-refractivity contribution in [2.75, 3.05) is 17.2 Å². The summed E-state index contributed by atoms with van der Waals surface area (Å²) in [5.41, 5.74) is -1.73. The van der Waals surface area contributed by atoms with Crippen LogP contribution in [-0.2, 0) is 20.3 Å². The van der Waals surface area contributed by atoms with Gasteiger partial charge in [0, 0.05) is 30.3 Å². The van der Waals surface area contributed by atoms with Crippen molar-refractivity contribution in [3.63, 3.8) is 0 Å². The predicted octanol–water partition coefficient (Wildman–Crippen LogP) is 5.87. The molecule has 1 aromatic carbocycles. The summed E-state index contributed by atoms with van der Waals surface area (Å²) in [6.07, 6.45) is -3.22. The van der Waals surface area contributed by atoms with E-state index in [-0.39, 0.29) is 52.8 Å². The third kappa shape index (κ3) is 4.91. The molecule has 234 valence electrons. The minimum Gasteiger partial charge on any atom is -0.480 e. The lowest BCUT2D eigenvalue weighted by atomic mass is 9.78. The van der Waals surface area contributed by atoms with Crippen molar-refractivity contribution >= 4 is 55.3 Å². The van der Waals surface area contributed by atoms with E-state index < -0.39 is 62.3 Å². The Morgan fingerprint density at radius 2 is 1.98 bits per heavy atom. The fourth-order valence-electron chi connectivity index (χ4n) is 6.16. The van der Waals surface area contributed by atoms with Gasteiger partial charge in [-0.25, -0.2) is 41.3 Å². The van der Waals surface area contributed by atoms with Crippen LogP contribution < -0.4 is 9.64 Å². The summed E-state index contributed by atoms with van der Waals surface area (Å²) in [5.74, 6) is -3.74. The van der Waals surface area contributed by atoms with Gasteiger partial charge in [-0.2, -0.15) is 0 Å². The molecule has 0 bridgehead atoms. The number of carbonyl (C=O) groups is 1. The van der Waals surface area contributed by atoms with Crippen LogP contribution in [-0.4, -0.2) is 63.6 Å². The number of ether oxygens (including phenoxy) is 1. The first-order valence-corrected chi connectivity index (χ1v) is 15.8. The Labute approximate surface area is 255 Å². The molecular weight excluding hydrogens is 625 g/mol. The number of hydrogen-bond donors (Lipinski definition) is 1. The molecule has 2 aliphatic rings. The summed E-state index contributed by atoms with van der Waals surface area (Å²) in [6, 6.07) is 6.74. The number of nitrogens with zero attached hydrogens (tertiary/aromatic N) is 4. The van der Waals surface area contributed by atoms with Crippen LogP contribution in [0.3, 0.4) is 0 Å². The maximum absolute atomic E-state index is 16.9. The zero-order valence-electron chi connectivity index (χ0n) is 23.8. The van der Waals surface area contributed by atoms with E-state index in [2.05, 4.69) is 15.0 Å². The number of fused-ring (bicyclic) bond motifs is 3. The minimum absolute atomic E-state index is 0.0370. The Kier molecular flexibility index (Phi) is 7.23. The lowest BCUT2D eigenvalue weighted by Gasteiger charge is -2.44. The molecule has 0 aliphatic carbocycles. The quantitative estimate of drug-likeness (QED) is 0.269. The number of carboxylic acids is 1. The van der Waals surface area contributed by atoms with Crippen LogP contribution in [0.4, 0.5) is 19.0 Å².